The average Bonchev–Trinajstić information content (AvgIpc) is 3.33. The Morgan fingerprint density at radius 2 is 0.582 bits per heavy atom. The highest BCUT2D eigenvalue weighted by Crippen LogP contribution is 2.13. The summed E-state index contributed by atoms with van der Waals surface area (Å²) in [5, 5.41) is 0. The van der Waals surface area contributed by atoms with Gasteiger partial charge < -0.3 is 14.2 Å². The Bertz CT molecular complexity index is 1390. The topological polar surface area (TPSA) is 78.9 Å². The lowest BCUT2D eigenvalue weighted by molar-refractivity contribution is -0.167. The molecule has 1 unspecified atom stereocenters. The van der Waals surface area contributed by atoms with Crippen molar-refractivity contribution >= 4 is 17.9 Å². The third-order valence-electron chi connectivity index (χ3n) is 11.3. The molecule has 0 N–H and O–H groups in total. The van der Waals surface area contributed by atoms with Gasteiger partial charge in [-0.05, 0) is 109 Å². The van der Waals surface area contributed by atoms with Crippen molar-refractivity contribution in [2.75, 3.05) is 13.2 Å². The second-order valence-electron chi connectivity index (χ2n) is 17.8. The van der Waals surface area contributed by atoms with E-state index >= 15 is 0 Å². The Morgan fingerprint density at radius 3 is 0.955 bits per heavy atom. The summed E-state index contributed by atoms with van der Waals surface area (Å²) in [7, 11) is 0. The van der Waals surface area contributed by atoms with Crippen LogP contribution in [0.4, 0.5) is 0 Å². The van der Waals surface area contributed by atoms with Crippen LogP contribution in [-0.2, 0) is 28.6 Å². The maximum absolute atomic E-state index is 12.7. The van der Waals surface area contributed by atoms with Gasteiger partial charge >= 0.3 is 17.9 Å². The van der Waals surface area contributed by atoms with Crippen molar-refractivity contribution in [1.29, 1.82) is 0 Å². The molecular formula is C61H100O6. The van der Waals surface area contributed by atoms with E-state index in [1.165, 1.54) is 77.0 Å². The number of carbonyl (C=O) groups excluding carboxylic acids is 3. The molecule has 0 saturated carbocycles. The summed E-state index contributed by atoms with van der Waals surface area (Å²) >= 11 is 0. The molecule has 0 aromatic rings. The Morgan fingerprint density at radius 1 is 0.313 bits per heavy atom. The molecular weight excluding hydrogens is 829 g/mol. The largest absolute Gasteiger partial charge is 0.462 e. The Hall–Kier alpha value is -3.93. The molecule has 67 heavy (non-hydrogen) atoms. The summed E-state index contributed by atoms with van der Waals surface area (Å²) in [5.41, 5.74) is 0. The van der Waals surface area contributed by atoms with E-state index in [0.29, 0.717) is 19.3 Å². The number of esters is 3. The highest BCUT2D eigenvalue weighted by atomic mass is 16.6. The molecule has 0 rings (SSSR count). The predicted octanol–water partition coefficient (Wildman–Crippen LogP) is 18.3. The molecule has 0 saturated heterocycles. The number of hydrogen-bond acceptors (Lipinski definition) is 6. The van der Waals surface area contributed by atoms with Gasteiger partial charge in [0, 0.05) is 19.3 Å². The first kappa shape index (κ1) is 63.1. The monoisotopic (exact) mass is 929 g/mol. The predicted molar refractivity (Wildman–Crippen MR) is 288 cm³/mol. The number of ether oxygens (including phenoxy) is 3. The van der Waals surface area contributed by atoms with Crippen LogP contribution < -0.4 is 0 Å². The molecule has 0 aliphatic carbocycles. The van der Waals surface area contributed by atoms with Crippen molar-refractivity contribution in [3.8, 4) is 0 Å². The minimum absolute atomic E-state index is 0.0956. The summed E-state index contributed by atoms with van der Waals surface area (Å²) in [6.45, 7) is 6.39. The molecule has 0 aromatic heterocycles. The standard InChI is InChI=1S/C61H100O6/c1-4-7-10-13-15-17-19-21-23-25-26-27-28-29-30-31-32-33-34-36-37-39-41-43-45-48-51-54-60(63)66-57-58(56-65-59(62)53-50-47-12-9-6-3)67-61(64)55-52-49-46-44-42-40-38-35-24-22-20-18-16-14-11-8-5-2/h7,10,15,17,21-24,26-27,29-30,32-33,36-37,41,43,58H,4-6,8-9,11-14,16,18-20,25,28,31,34-35,38-40,42,44-57H2,1-3H3/b10-7-,17-15-,23-21-,24-22-,27-26-,30-29-,33-32-,37-36-,43-41-. The van der Waals surface area contributed by atoms with Crippen molar-refractivity contribution in [2.45, 2.75) is 245 Å². The minimum Gasteiger partial charge on any atom is -0.462 e. The fourth-order valence-electron chi connectivity index (χ4n) is 7.16. The van der Waals surface area contributed by atoms with E-state index in [1.54, 1.807) is 0 Å². The zero-order chi connectivity index (χ0) is 48.6. The van der Waals surface area contributed by atoms with Crippen LogP contribution in [0.1, 0.15) is 239 Å². The van der Waals surface area contributed by atoms with Crippen molar-refractivity contribution in [3.63, 3.8) is 0 Å². The van der Waals surface area contributed by atoms with Crippen molar-refractivity contribution in [1.82, 2.24) is 0 Å². The van der Waals surface area contributed by atoms with Gasteiger partial charge in [-0.25, -0.2) is 0 Å². The van der Waals surface area contributed by atoms with Gasteiger partial charge in [-0.15, -0.1) is 0 Å². The molecule has 6 nitrogen and oxygen atoms in total. The van der Waals surface area contributed by atoms with Crippen LogP contribution in [-0.4, -0.2) is 37.2 Å². The van der Waals surface area contributed by atoms with Gasteiger partial charge in [0.25, 0.3) is 0 Å². The lowest BCUT2D eigenvalue weighted by Crippen LogP contribution is -2.30. The molecule has 0 amide bonds. The lowest BCUT2D eigenvalue weighted by Gasteiger charge is -2.18. The van der Waals surface area contributed by atoms with Crippen LogP contribution in [0.2, 0.25) is 0 Å². The van der Waals surface area contributed by atoms with Gasteiger partial charge in [0.15, 0.2) is 6.10 Å². The van der Waals surface area contributed by atoms with Crippen molar-refractivity contribution < 1.29 is 28.6 Å². The second-order valence-corrected chi connectivity index (χ2v) is 17.8. The normalized spacial score (nSPS) is 12.9. The Balaban J connectivity index is 4.24. The van der Waals surface area contributed by atoms with E-state index in [4.69, 9.17) is 14.2 Å². The maximum Gasteiger partial charge on any atom is 0.306 e. The highest BCUT2D eigenvalue weighted by molar-refractivity contribution is 5.71. The number of allylic oxidation sites excluding steroid dienone is 18. The van der Waals surface area contributed by atoms with Gasteiger partial charge in [0.05, 0.1) is 0 Å². The first-order chi connectivity index (χ1) is 33.0. The molecule has 380 valence electrons. The van der Waals surface area contributed by atoms with Crippen LogP contribution >= 0.6 is 0 Å². The Labute approximate surface area is 412 Å². The van der Waals surface area contributed by atoms with Gasteiger partial charge in [0.1, 0.15) is 13.2 Å². The number of hydrogen-bond donors (Lipinski definition) is 0. The van der Waals surface area contributed by atoms with Gasteiger partial charge in [-0.3, -0.25) is 14.4 Å². The molecule has 0 aliphatic rings. The molecule has 6 heteroatoms. The zero-order valence-electron chi connectivity index (χ0n) is 43.4. The summed E-state index contributed by atoms with van der Waals surface area (Å²) < 4.78 is 16.6. The summed E-state index contributed by atoms with van der Waals surface area (Å²) in [6, 6.07) is 0. The van der Waals surface area contributed by atoms with E-state index in [0.717, 1.165) is 122 Å². The van der Waals surface area contributed by atoms with Crippen LogP contribution in [0.15, 0.2) is 109 Å². The average molecular weight is 929 g/mol. The van der Waals surface area contributed by atoms with Gasteiger partial charge in [-0.1, -0.05) is 220 Å². The molecule has 0 aliphatic heterocycles. The van der Waals surface area contributed by atoms with Crippen molar-refractivity contribution in [3.05, 3.63) is 109 Å². The second kappa shape index (κ2) is 54.7. The van der Waals surface area contributed by atoms with E-state index < -0.39 is 6.10 Å². The number of rotatable bonds is 48. The molecule has 0 heterocycles. The van der Waals surface area contributed by atoms with Crippen LogP contribution in [0.5, 0.6) is 0 Å². The van der Waals surface area contributed by atoms with Gasteiger partial charge in [-0.2, -0.15) is 0 Å². The van der Waals surface area contributed by atoms with Crippen LogP contribution in [0, 0.1) is 0 Å². The molecule has 0 bridgehead atoms. The van der Waals surface area contributed by atoms with E-state index in [1.807, 2.05) is 0 Å². The van der Waals surface area contributed by atoms with E-state index in [-0.39, 0.29) is 31.1 Å². The molecule has 0 fully saturated rings. The fourth-order valence-corrected chi connectivity index (χ4v) is 7.16. The molecule has 0 radical (unpaired) electrons. The fraction of sp³-hybridized carbons (Fsp3) is 0.656. The molecule has 0 spiro atoms. The first-order valence-electron chi connectivity index (χ1n) is 27.4. The molecule has 1 atom stereocenters. The van der Waals surface area contributed by atoms with Crippen LogP contribution in [0.25, 0.3) is 0 Å². The van der Waals surface area contributed by atoms with E-state index in [2.05, 4.69) is 130 Å². The summed E-state index contributed by atoms with van der Waals surface area (Å²) in [5.74, 6) is -0.963. The molecule has 0 aromatic carbocycles. The number of carbonyl (C=O) groups is 3. The van der Waals surface area contributed by atoms with Crippen LogP contribution in [0.3, 0.4) is 0 Å². The van der Waals surface area contributed by atoms with Gasteiger partial charge in [0.2, 0.25) is 0 Å². The lowest BCUT2D eigenvalue weighted by atomic mass is 10.1. The smallest absolute Gasteiger partial charge is 0.306 e. The summed E-state index contributed by atoms with van der Waals surface area (Å²) in [6.07, 6.45) is 74.1. The zero-order valence-corrected chi connectivity index (χ0v) is 43.4. The third kappa shape index (κ3) is 52.9. The summed E-state index contributed by atoms with van der Waals surface area (Å²) in [4.78, 5) is 37.7. The van der Waals surface area contributed by atoms with Crippen molar-refractivity contribution in [2.24, 2.45) is 0 Å². The SMILES string of the molecule is CC/C=C\C/C=C\C/C=C\C/C=C\C/C=C\C/C=C\C/C=C\C/C=C\CCCCC(=O)OCC(COC(=O)CCCCCCC)OC(=O)CCCCCCCCC/C=C\CCCCCCCC. The first-order valence-corrected chi connectivity index (χ1v) is 27.4. The quantitative estimate of drug-likeness (QED) is 0.0262. The Kier molecular flexibility index (Phi) is 51.5. The van der Waals surface area contributed by atoms with E-state index in [9.17, 15) is 14.4 Å². The highest BCUT2D eigenvalue weighted by Gasteiger charge is 2.19. The maximum atomic E-state index is 12.7. The number of unbranched alkanes of at least 4 members (excludes halogenated alkanes) is 19. The third-order valence-corrected chi connectivity index (χ3v) is 11.3. The minimum atomic E-state index is -0.796.